The molecule has 0 spiro atoms. The zero-order chi connectivity index (χ0) is 12.4. The van der Waals surface area contributed by atoms with E-state index >= 15 is 0 Å². The maximum absolute atomic E-state index is 13.3. The summed E-state index contributed by atoms with van der Waals surface area (Å²) in [5.41, 5.74) is 6.84. The van der Waals surface area contributed by atoms with Crippen LogP contribution in [0.3, 0.4) is 0 Å². The van der Waals surface area contributed by atoms with Gasteiger partial charge in [0.2, 0.25) is 0 Å². The lowest BCUT2D eigenvalue weighted by Gasteiger charge is -2.30. The molecule has 2 N–H and O–H groups in total. The molecule has 1 aromatic rings. The summed E-state index contributed by atoms with van der Waals surface area (Å²) in [7, 11) is 0. The molecule has 0 aromatic heterocycles. The van der Waals surface area contributed by atoms with Gasteiger partial charge in [0, 0.05) is 23.1 Å². The third-order valence-electron chi connectivity index (χ3n) is 3.32. The molecular weight excluding hydrogens is 283 g/mol. The van der Waals surface area contributed by atoms with Crippen molar-refractivity contribution in [1.82, 2.24) is 4.90 Å². The molecule has 1 unspecified atom stereocenters. The van der Waals surface area contributed by atoms with Gasteiger partial charge in [-0.2, -0.15) is 0 Å². The first-order valence-corrected chi connectivity index (χ1v) is 6.87. The summed E-state index contributed by atoms with van der Waals surface area (Å²) in [5, 5.41) is 0. The Hall–Kier alpha value is -0.450. The molecular formula is C13H18BrFN2. The summed E-state index contributed by atoms with van der Waals surface area (Å²) < 4.78 is 14.3. The number of benzene rings is 1. The molecule has 17 heavy (non-hydrogen) atoms. The molecule has 0 saturated heterocycles. The molecule has 2 nitrogen and oxygen atoms in total. The van der Waals surface area contributed by atoms with E-state index in [0.717, 1.165) is 16.6 Å². The van der Waals surface area contributed by atoms with E-state index in [-0.39, 0.29) is 11.9 Å². The molecule has 4 heteroatoms. The van der Waals surface area contributed by atoms with Gasteiger partial charge in [0.05, 0.1) is 0 Å². The van der Waals surface area contributed by atoms with Crippen LogP contribution >= 0.6 is 15.9 Å². The first kappa shape index (κ1) is 13.0. The first-order chi connectivity index (χ1) is 8.17. The number of nitrogens with zero attached hydrogens (tertiary/aromatic N) is 1. The highest BCUT2D eigenvalue weighted by molar-refractivity contribution is 9.10. The Kier molecular flexibility index (Phi) is 4.17. The zero-order valence-corrected chi connectivity index (χ0v) is 11.6. The third kappa shape index (κ3) is 2.87. The van der Waals surface area contributed by atoms with E-state index in [1.54, 1.807) is 12.1 Å². The predicted octanol–water partition coefficient (Wildman–Crippen LogP) is 3.07. The molecule has 0 amide bonds. The standard InChI is InChI=1S/C13H18BrFN2/c1-2-17(10-4-5-10)13(8-16)11-7-9(15)3-6-12(11)14/h3,6-7,10,13H,2,4-5,8,16H2,1H3. The second-order valence-corrected chi connectivity index (χ2v) is 5.33. The van der Waals surface area contributed by atoms with Crippen LogP contribution in [0.4, 0.5) is 4.39 Å². The van der Waals surface area contributed by atoms with Gasteiger partial charge < -0.3 is 5.73 Å². The highest BCUT2D eigenvalue weighted by Gasteiger charge is 2.33. The molecule has 1 aliphatic carbocycles. The second-order valence-electron chi connectivity index (χ2n) is 4.48. The second kappa shape index (κ2) is 5.46. The van der Waals surface area contributed by atoms with Crippen LogP contribution in [0.2, 0.25) is 0 Å². The number of hydrogen-bond acceptors (Lipinski definition) is 2. The molecule has 2 rings (SSSR count). The van der Waals surface area contributed by atoms with E-state index in [1.807, 2.05) is 0 Å². The summed E-state index contributed by atoms with van der Waals surface area (Å²) in [5.74, 6) is -0.200. The van der Waals surface area contributed by atoms with Crippen molar-refractivity contribution in [1.29, 1.82) is 0 Å². The van der Waals surface area contributed by atoms with E-state index in [1.165, 1.54) is 18.9 Å². The molecule has 1 aromatic carbocycles. The van der Waals surface area contributed by atoms with Gasteiger partial charge in [-0.15, -0.1) is 0 Å². The SMILES string of the molecule is CCN(C1CC1)C(CN)c1cc(F)ccc1Br. The first-order valence-electron chi connectivity index (χ1n) is 6.08. The average Bonchev–Trinajstić information content (AvgIpc) is 3.13. The van der Waals surface area contributed by atoms with Gasteiger partial charge in [-0.1, -0.05) is 22.9 Å². The maximum atomic E-state index is 13.3. The van der Waals surface area contributed by atoms with E-state index in [4.69, 9.17) is 5.73 Å². The van der Waals surface area contributed by atoms with E-state index in [0.29, 0.717) is 12.6 Å². The molecule has 0 radical (unpaired) electrons. The fourth-order valence-electron chi connectivity index (χ4n) is 2.35. The average molecular weight is 301 g/mol. The van der Waals surface area contributed by atoms with Gasteiger partial charge in [0.25, 0.3) is 0 Å². The van der Waals surface area contributed by atoms with Crippen molar-refractivity contribution in [3.05, 3.63) is 34.1 Å². The van der Waals surface area contributed by atoms with Gasteiger partial charge in [0.15, 0.2) is 0 Å². The van der Waals surface area contributed by atoms with E-state index in [9.17, 15) is 4.39 Å². The van der Waals surface area contributed by atoms with Crippen LogP contribution in [-0.4, -0.2) is 24.0 Å². The third-order valence-corrected chi connectivity index (χ3v) is 4.04. The van der Waals surface area contributed by atoms with Gasteiger partial charge in [-0.25, -0.2) is 4.39 Å². The van der Waals surface area contributed by atoms with Crippen LogP contribution < -0.4 is 5.73 Å². The molecule has 94 valence electrons. The fourth-order valence-corrected chi connectivity index (χ4v) is 2.86. The van der Waals surface area contributed by atoms with Crippen LogP contribution in [0.25, 0.3) is 0 Å². The summed E-state index contributed by atoms with van der Waals surface area (Å²) in [6.45, 7) is 3.61. The molecule has 1 aliphatic rings. The van der Waals surface area contributed by atoms with Crippen molar-refractivity contribution in [2.24, 2.45) is 5.73 Å². The summed E-state index contributed by atoms with van der Waals surface area (Å²) >= 11 is 3.49. The zero-order valence-electron chi connectivity index (χ0n) is 10.00. The minimum absolute atomic E-state index is 0.109. The normalized spacial score (nSPS) is 17.5. The maximum Gasteiger partial charge on any atom is 0.123 e. The minimum atomic E-state index is -0.200. The molecule has 0 aliphatic heterocycles. The smallest absolute Gasteiger partial charge is 0.123 e. The minimum Gasteiger partial charge on any atom is -0.329 e. The monoisotopic (exact) mass is 300 g/mol. The number of nitrogens with two attached hydrogens (primary N) is 1. The van der Waals surface area contributed by atoms with Crippen molar-refractivity contribution in [3.8, 4) is 0 Å². The number of hydrogen-bond donors (Lipinski definition) is 1. The number of likely N-dealkylation sites (N-methyl/N-ethyl adjacent to an activating group) is 1. The Bertz CT molecular complexity index is 393. The van der Waals surface area contributed by atoms with Gasteiger partial charge >= 0.3 is 0 Å². The Morgan fingerprint density at radius 3 is 2.76 bits per heavy atom. The van der Waals surface area contributed by atoms with Crippen molar-refractivity contribution in [3.63, 3.8) is 0 Å². The topological polar surface area (TPSA) is 29.3 Å². The molecule has 1 saturated carbocycles. The molecule has 1 fully saturated rings. The Morgan fingerprint density at radius 1 is 1.53 bits per heavy atom. The van der Waals surface area contributed by atoms with Crippen LogP contribution in [0.5, 0.6) is 0 Å². The fraction of sp³-hybridized carbons (Fsp3) is 0.538. The highest BCUT2D eigenvalue weighted by Crippen LogP contribution is 2.36. The van der Waals surface area contributed by atoms with Gasteiger partial charge in [0.1, 0.15) is 5.82 Å². The quantitative estimate of drug-likeness (QED) is 0.905. The lowest BCUT2D eigenvalue weighted by molar-refractivity contribution is 0.201. The summed E-state index contributed by atoms with van der Waals surface area (Å²) in [4.78, 5) is 2.37. The van der Waals surface area contributed by atoms with E-state index in [2.05, 4.69) is 27.8 Å². The van der Waals surface area contributed by atoms with Crippen molar-refractivity contribution < 1.29 is 4.39 Å². The molecule has 1 atom stereocenters. The van der Waals surface area contributed by atoms with Crippen LogP contribution in [0, 0.1) is 5.82 Å². The summed E-state index contributed by atoms with van der Waals surface area (Å²) in [6.07, 6.45) is 2.47. The molecule has 0 bridgehead atoms. The van der Waals surface area contributed by atoms with Crippen molar-refractivity contribution in [2.75, 3.05) is 13.1 Å². The lowest BCUT2D eigenvalue weighted by Crippen LogP contribution is -2.35. The van der Waals surface area contributed by atoms with Crippen LogP contribution in [0.15, 0.2) is 22.7 Å². The largest absolute Gasteiger partial charge is 0.329 e. The van der Waals surface area contributed by atoms with Gasteiger partial charge in [-0.3, -0.25) is 4.90 Å². The van der Waals surface area contributed by atoms with Crippen molar-refractivity contribution >= 4 is 15.9 Å². The molecule has 0 heterocycles. The predicted molar refractivity (Wildman–Crippen MR) is 71.3 cm³/mol. The van der Waals surface area contributed by atoms with Gasteiger partial charge in [-0.05, 0) is 43.1 Å². The summed E-state index contributed by atoms with van der Waals surface area (Å²) in [6, 6.07) is 5.55. The van der Waals surface area contributed by atoms with Crippen LogP contribution in [-0.2, 0) is 0 Å². The Labute approximate surface area is 110 Å². The Balaban J connectivity index is 2.29. The van der Waals surface area contributed by atoms with Crippen LogP contribution in [0.1, 0.15) is 31.4 Å². The Morgan fingerprint density at radius 2 is 2.24 bits per heavy atom. The van der Waals surface area contributed by atoms with E-state index < -0.39 is 0 Å². The van der Waals surface area contributed by atoms with Crippen molar-refractivity contribution in [2.45, 2.75) is 31.8 Å². The number of rotatable bonds is 5. The lowest BCUT2D eigenvalue weighted by atomic mass is 10.0. The highest BCUT2D eigenvalue weighted by atomic mass is 79.9. The number of halogens is 2.